The van der Waals surface area contributed by atoms with Crippen LogP contribution in [-0.4, -0.2) is 130 Å². The second kappa shape index (κ2) is 19.2. The number of piperazine rings is 1. The smallest absolute Gasteiger partial charge is 0.234 e. The predicted octanol–water partition coefficient (Wildman–Crippen LogP) is 6.64. The summed E-state index contributed by atoms with van der Waals surface area (Å²) >= 11 is 0. The minimum atomic E-state index is -3.46. The Kier molecular flexibility index (Phi) is 12.9. The van der Waals surface area contributed by atoms with Gasteiger partial charge < -0.3 is 35.1 Å². The molecule has 0 bridgehead atoms. The summed E-state index contributed by atoms with van der Waals surface area (Å²) in [6.45, 7) is 11.8. The van der Waals surface area contributed by atoms with E-state index >= 15 is 4.39 Å². The Labute approximate surface area is 397 Å². The van der Waals surface area contributed by atoms with Crippen molar-refractivity contribution in [2.45, 2.75) is 70.3 Å². The van der Waals surface area contributed by atoms with Crippen LogP contribution in [0, 0.1) is 18.7 Å². The van der Waals surface area contributed by atoms with Crippen molar-refractivity contribution in [2.75, 3.05) is 104 Å². The van der Waals surface area contributed by atoms with Crippen molar-refractivity contribution in [1.82, 2.24) is 30.1 Å². The second-order valence-corrected chi connectivity index (χ2v) is 21.1. The number of fused-ring (bicyclic) bond motifs is 2. The normalized spacial score (nSPS) is 20.2. The molecule has 0 radical (unpaired) electrons. The van der Waals surface area contributed by atoms with Gasteiger partial charge in [0.15, 0.2) is 0 Å². The molecule has 5 aliphatic rings. The molecule has 7 heterocycles. The van der Waals surface area contributed by atoms with Crippen molar-refractivity contribution in [2.24, 2.45) is 5.92 Å². The van der Waals surface area contributed by atoms with Crippen LogP contribution in [0.4, 0.5) is 44.6 Å². The summed E-state index contributed by atoms with van der Waals surface area (Å²) in [4.78, 5) is 46.8. The van der Waals surface area contributed by atoms with Gasteiger partial charge in [0.05, 0.1) is 41.7 Å². The lowest BCUT2D eigenvalue weighted by Gasteiger charge is -2.44. The van der Waals surface area contributed by atoms with Gasteiger partial charge in [0, 0.05) is 101 Å². The number of para-hydroxylation sites is 1. The molecule has 1 atom stereocenters. The van der Waals surface area contributed by atoms with Gasteiger partial charge in [-0.05, 0) is 106 Å². The Hall–Kier alpha value is -5.98. The van der Waals surface area contributed by atoms with Crippen molar-refractivity contribution in [3.63, 3.8) is 0 Å². The summed E-state index contributed by atoms with van der Waals surface area (Å²) < 4.78 is 48.0. The van der Waals surface area contributed by atoms with E-state index in [1.807, 2.05) is 36.5 Å². The molecule has 0 spiro atoms. The highest BCUT2D eigenvalue weighted by Gasteiger charge is 2.33. The maximum atomic E-state index is 15.2. The van der Waals surface area contributed by atoms with Crippen LogP contribution in [0.5, 0.6) is 5.75 Å². The Morgan fingerprint density at radius 1 is 0.838 bits per heavy atom. The van der Waals surface area contributed by atoms with Gasteiger partial charge in [-0.2, -0.15) is 9.97 Å². The molecule has 360 valence electrons. The minimum absolute atomic E-state index is 0.236. The van der Waals surface area contributed by atoms with Gasteiger partial charge in [0.2, 0.25) is 27.8 Å². The summed E-state index contributed by atoms with van der Waals surface area (Å²) in [5, 5.41) is 9.97. The number of piperidine rings is 3. The number of halogens is 1. The fraction of sp³-hybridized carbons (Fsp3) is 0.480. The molecular formula is C50H62FN11O5S. The number of benzene rings is 3. The molecule has 5 aliphatic heterocycles. The third-order valence-corrected chi connectivity index (χ3v) is 16.1. The molecule has 16 nitrogen and oxygen atoms in total. The lowest BCUT2D eigenvalue weighted by molar-refractivity contribution is -0.134. The zero-order valence-corrected chi connectivity index (χ0v) is 40.0. The number of hydrogen-bond donors (Lipinski definition) is 4. The molecule has 5 aromatic rings. The second-order valence-electron chi connectivity index (χ2n) is 19.1. The summed E-state index contributed by atoms with van der Waals surface area (Å²) in [6, 6.07) is 17.7. The highest BCUT2D eigenvalue weighted by molar-refractivity contribution is 7.92. The van der Waals surface area contributed by atoms with Crippen LogP contribution >= 0.6 is 0 Å². The van der Waals surface area contributed by atoms with Crippen LogP contribution in [0.15, 0.2) is 60.8 Å². The van der Waals surface area contributed by atoms with Crippen molar-refractivity contribution in [3.8, 4) is 5.75 Å². The number of carbonyl (C=O) groups excluding carboxylic acids is 2. The zero-order valence-electron chi connectivity index (χ0n) is 39.2. The number of amides is 2. The van der Waals surface area contributed by atoms with Crippen LogP contribution < -0.4 is 34.8 Å². The number of aryl methyl sites for hydroxylation is 1. The van der Waals surface area contributed by atoms with Gasteiger partial charge >= 0.3 is 0 Å². The van der Waals surface area contributed by atoms with Crippen molar-refractivity contribution in [3.05, 3.63) is 83.3 Å². The lowest BCUT2D eigenvalue weighted by atomic mass is 9.89. The molecule has 10 rings (SSSR count). The fourth-order valence-electron chi connectivity index (χ4n) is 11.1. The molecular weight excluding hydrogens is 886 g/mol. The first-order chi connectivity index (χ1) is 32.9. The highest BCUT2D eigenvalue weighted by Crippen LogP contribution is 2.41. The molecule has 4 saturated heterocycles. The average molecular weight is 948 g/mol. The molecule has 18 heteroatoms. The number of H-pyrrole nitrogens is 1. The van der Waals surface area contributed by atoms with Crippen molar-refractivity contribution < 1.29 is 27.1 Å². The van der Waals surface area contributed by atoms with Crippen LogP contribution in [0.3, 0.4) is 0 Å². The summed E-state index contributed by atoms with van der Waals surface area (Å²) in [6.07, 6.45) is 9.85. The number of aromatic nitrogens is 3. The number of hydrogen-bond acceptors (Lipinski definition) is 13. The van der Waals surface area contributed by atoms with E-state index in [1.165, 1.54) is 17.0 Å². The predicted molar refractivity (Wildman–Crippen MR) is 265 cm³/mol. The molecule has 68 heavy (non-hydrogen) atoms. The van der Waals surface area contributed by atoms with E-state index in [2.05, 4.69) is 59.6 Å². The number of nitrogens with one attached hydrogen (secondary N) is 4. The quantitative estimate of drug-likeness (QED) is 0.0928. The van der Waals surface area contributed by atoms with Gasteiger partial charge in [0.1, 0.15) is 23.0 Å². The minimum Gasteiger partial charge on any atom is -0.494 e. The van der Waals surface area contributed by atoms with E-state index in [9.17, 15) is 18.0 Å². The topological polar surface area (TPSA) is 171 Å². The number of imide groups is 1. The molecule has 2 amide bonds. The molecule has 0 saturated carbocycles. The monoisotopic (exact) mass is 947 g/mol. The summed E-state index contributed by atoms with van der Waals surface area (Å²) in [5.41, 5.74) is 7.19. The van der Waals surface area contributed by atoms with Crippen molar-refractivity contribution in [1.29, 1.82) is 0 Å². The first kappa shape index (κ1) is 45.8. The number of sulfonamides is 1. The Morgan fingerprint density at radius 3 is 2.35 bits per heavy atom. The highest BCUT2D eigenvalue weighted by atomic mass is 32.2. The van der Waals surface area contributed by atoms with Crippen LogP contribution in [0.1, 0.15) is 67.6 Å². The Bertz CT molecular complexity index is 2800. The van der Waals surface area contributed by atoms with E-state index in [-0.39, 0.29) is 18.1 Å². The molecule has 4 fully saturated rings. The first-order valence-corrected chi connectivity index (χ1v) is 26.0. The molecule has 4 N–H and O–H groups in total. The third kappa shape index (κ3) is 9.54. The molecule has 1 unspecified atom stereocenters. The van der Waals surface area contributed by atoms with Gasteiger partial charge in [-0.3, -0.25) is 24.1 Å². The number of anilines is 7. The Morgan fingerprint density at radius 2 is 1.62 bits per heavy atom. The van der Waals surface area contributed by atoms with E-state index in [0.29, 0.717) is 71.4 Å². The maximum Gasteiger partial charge on any atom is 0.234 e. The van der Waals surface area contributed by atoms with Crippen molar-refractivity contribution >= 4 is 73.1 Å². The van der Waals surface area contributed by atoms with Gasteiger partial charge in [-0.25, -0.2) is 12.8 Å². The number of aromatic amines is 1. The van der Waals surface area contributed by atoms with E-state index < -0.39 is 21.8 Å². The Balaban J connectivity index is 0.697. The van der Waals surface area contributed by atoms with Gasteiger partial charge in [0.25, 0.3) is 0 Å². The number of rotatable bonds is 13. The van der Waals surface area contributed by atoms with E-state index in [0.717, 1.165) is 118 Å². The van der Waals surface area contributed by atoms with E-state index in [1.54, 1.807) is 19.2 Å². The standard InChI is InChI=1S/C50H62FN11O5S/c1-32-29-42(54-50-56-47-39(11-18-52-47)48(57-50)53-41-6-4-5-34-15-24-62(46(34)41)68(3,65)66)44(67-2)31-43(32)61-22-16-35(17-23-61)60-27-25-58(26-28-60)19-12-33-13-20-59(21-14-33)36-7-8-37(40(51)30-36)38-9-10-45(63)55-49(38)64/h4-8,11,18,29-31,33,35,38H,9-10,12-17,19-28H2,1-3H3,(H,55,63,64)(H3,52,53,54,56,57). The number of nitrogens with zero attached hydrogens (tertiary/aromatic N) is 7. The largest absolute Gasteiger partial charge is 0.494 e. The van der Waals surface area contributed by atoms with Crippen LogP contribution in [0.25, 0.3) is 11.0 Å². The first-order valence-electron chi connectivity index (χ1n) is 24.2. The number of carbonyl (C=O) groups is 2. The summed E-state index contributed by atoms with van der Waals surface area (Å²) in [7, 11) is -1.78. The number of methoxy groups -OCH3 is 1. The zero-order chi connectivity index (χ0) is 47.1. The average Bonchev–Trinajstić information content (AvgIpc) is 4.01. The molecule has 0 aliphatic carbocycles. The van der Waals surface area contributed by atoms with E-state index in [4.69, 9.17) is 14.7 Å². The SMILES string of the molecule is COc1cc(N2CCC(N3CCN(CCC4CCN(c5ccc(C6CCC(=O)NC6=O)c(F)c5)CC4)CC3)CC2)c(C)cc1Nc1nc(Nc2cccc3c2N(S(C)(=O)=O)CC3)c2cc[nH]c2n1. The van der Waals surface area contributed by atoms with Gasteiger partial charge in [-0.15, -0.1) is 0 Å². The fourth-order valence-corrected chi connectivity index (χ4v) is 12.1. The molecule has 2 aromatic heterocycles. The number of ether oxygens (including phenoxy) is 1. The molecule has 3 aromatic carbocycles. The summed E-state index contributed by atoms with van der Waals surface area (Å²) in [5.74, 6) is 0.581. The van der Waals surface area contributed by atoms with Gasteiger partial charge in [-0.1, -0.05) is 18.2 Å². The maximum absolute atomic E-state index is 15.2. The third-order valence-electron chi connectivity index (χ3n) is 14.9. The lowest BCUT2D eigenvalue weighted by Crippen LogP contribution is -2.53. The van der Waals surface area contributed by atoms with Crippen LogP contribution in [0.2, 0.25) is 0 Å². The van der Waals surface area contributed by atoms with Crippen LogP contribution in [-0.2, 0) is 26.0 Å².